The molecule has 1 aromatic carbocycles. The summed E-state index contributed by atoms with van der Waals surface area (Å²) >= 11 is 0. The summed E-state index contributed by atoms with van der Waals surface area (Å²) in [5, 5.41) is 6.83. The minimum absolute atomic E-state index is 0.0134. The summed E-state index contributed by atoms with van der Waals surface area (Å²) in [6.07, 6.45) is 0.973. The van der Waals surface area contributed by atoms with E-state index in [0.717, 1.165) is 11.9 Å². The van der Waals surface area contributed by atoms with Gasteiger partial charge in [0.15, 0.2) is 6.61 Å². The zero-order chi connectivity index (χ0) is 19.5. The molecule has 1 amide bonds. The molecule has 0 aliphatic heterocycles. The Morgan fingerprint density at radius 1 is 1.23 bits per heavy atom. The third kappa shape index (κ3) is 4.82. The van der Waals surface area contributed by atoms with Gasteiger partial charge in [-0.25, -0.2) is 13.2 Å². The van der Waals surface area contributed by atoms with Gasteiger partial charge in [-0.1, -0.05) is 12.1 Å². The molecule has 0 atom stereocenters. The van der Waals surface area contributed by atoms with Gasteiger partial charge in [-0.05, 0) is 26.0 Å². The van der Waals surface area contributed by atoms with Gasteiger partial charge in [-0.15, -0.1) is 0 Å². The lowest BCUT2D eigenvalue weighted by atomic mass is 10.2. The topological polar surface area (TPSA) is 119 Å². The van der Waals surface area contributed by atoms with Gasteiger partial charge in [0.05, 0.1) is 34.6 Å². The van der Waals surface area contributed by atoms with Gasteiger partial charge < -0.3 is 10.1 Å². The molecule has 26 heavy (non-hydrogen) atoms. The van der Waals surface area contributed by atoms with Crippen molar-refractivity contribution in [3.8, 4) is 0 Å². The molecule has 0 spiro atoms. The second-order valence-corrected chi connectivity index (χ2v) is 7.46. The number of anilines is 2. The van der Waals surface area contributed by atoms with Gasteiger partial charge in [0.25, 0.3) is 5.91 Å². The van der Waals surface area contributed by atoms with Crippen LogP contribution in [0, 0.1) is 13.8 Å². The summed E-state index contributed by atoms with van der Waals surface area (Å²) in [6, 6.07) is 5.97. The van der Waals surface area contributed by atoms with Crippen molar-refractivity contribution in [2.24, 2.45) is 7.05 Å². The smallest absolute Gasteiger partial charge is 0.340 e. The van der Waals surface area contributed by atoms with E-state index in [9.17, 15) is 18.0 Å². The maximum Gasteiger partial charge on any atom is 0.340 e. The van der Waals surface area contributed by atoms with Crippen molar-refractivity contribution in [3.63, 3.8) is 0 Å². The number of esters is 1. The standard InChI is InChI=1S/C16H20N4O5S/c1-10-15(11(2)20(3)18-10)17-14(21)9-25-16(22)12-7-5-6-8-13(12)19-26(4,23)24/h5-8,19H,9H2,1-4H3,(H,17,21). The van der Waals surface area contributed by atoms with Crippen LogP contribution < -0.4 is 10.0 Å². The van der Waals surface area contributed by atoms with Crippen LogP contribution in [0.4, 0.5) is 11.4 Å². The van der Waals surface area contributed by atoms with Crippen molar-refractivity contribution in [3.05, 3.63) is 41.2 Å². The van der Waals surface area contributed by atoms with Crippen LogP contribution >= 0.6 is 0 Å². The van der Waals surface area contributed by atoms with Crippen LogP contribution in [0.3, 0.4) is 0 Å². The van der Waals surface area contributed by atoms with Crippen LogP contribution in [0.2, 0.25) is 0 Å². The normalized spacial score (nSPS) is 11.1. The van der Waals surface area contributed by atoms with Crippen molar-refractivity contribution in [1.29, 1.82) is 0 Å². The predicted molar refractivity (Wildman–Crippen MR) is 96.5 cm³/mol. The first-order valence-electron chi connectivity index (χ1n) is 7.62. The molecule has 10 heteroatoms. The van der Waals surface area contributed by atoms with Gasteiger partial charge in [0.2, 0.25) is 10.0 Å². The van der Waals surface area contributed by atoms with Crippen LogP contribution in [0.5, 0.6) is 0 Å². The quantitative estimate of drug-likeness (QED) is 0.727. The van der Waals surface area contributed by atoms with Crippen molar-refractivity contribution < 1.29 is 22.7 Å². The number of nitrogens with zero attached hydrogens (tertiary/aromatic N) is 2. The van der Waals surface area contributed by atoms with Gasteiger partial charge in [-0.3, -0.25) is 14.2 Å². The highest BCUT2D eigenvalue weighted by Gasteiger charge is 2.17. The first kappa shape index (κ1) is 19.4. The first-order chi connectivity index (χ1) is 12.1. The van der Waals surface area contributed by atoms with Crippen LogP contribution in [-0.4, -0.2) is 42.9 Å². The molecule has 0 aliphatic rings. The maximum atomic E-state index is 12.2. The summed E-state index contributed by atoms with van der Waals surface area (Å²) in [4.78, 5) is 24.2. The number of amides is 1. The lowest BCUT2D eigenvalue weighted by Crippen LogP contribution is -2.22. The minimum Gasteiger partial charge on any atom is -0.452 e. The highest BCUT2D eigenvalue weighted by molar-refractivity contribution is 7.92. The number of carbonyl (C=O) groups is 2. The molecule has 0 saturated carbocycles. The average molecular weight is 380 g/mol. The number of para-hydroxylation sites is 1. The second kappa shape index (κ2) is 7.56. The van der Waals surface area contributed by atoms with Gasteiger partial charge in [0.1, 0.15) is 0 Å². The van der Waals surface area contributed by atoms with E-state index in [-0.39, 0.29) is 11.3 Å². The highest BCUT2D eigenvalue weighted by atomic mass is 32.2. The van der Waals surface area contributed by atoms with E-state index >= 15 is 0 Å². The Hall–Kier alpha value is -2.88. The van der Waals surface area contributed by atoms with E-state index in [0.29, 0.717) is 11.4 Å². The van der Waals surface area contributed by atoms with Crippen molar-refractivity contribution in [2.45, 2.75) is 13.8 Å². The molecule has 140 valence electrons. The molecule has 0 unspecified atom stereocenters. The number of nitrogens with one attached hydrogen (secondary N) is 2. The second-order valence-electron chi connectivity index (χ2n) is 5.71. The van der Waals surface area contributed by atoms with Gasteiger partial charge in [-0.2, -0.15) is 5.10 Å². The SMILES string of the molecule is Cc1nn(C)c(C)c1NC(=O)COC(=O)c1ccccc1NS(C)(=O)=O. The molecule has 2 N–H and O–H groups in total. The Labute approximate surface area is 151 Å². The third-order valence-corrected chi connectivity index (χ3v) is 4.14. The number of carbonyl (C=O) groups excluding carboxylic acids is 2. The van der Waals surface area contributed by atoms with E-state index in [4.69, 9.17) is 4.74 Å². The molecule has 0 saturated heterocycles. The molecule has 1 heterocycles. The van der Waals surface area contributed by atoms with E-state index in [1.165, 1.54) is 12.1 Å². The predicted octanol–water partition coefficient (Wildman–Crippen LogP) is 1.20. The first-order valence-corrected chi connectivity index (χ1v) is 9.51. The van der Waals surface area contributed by atoms with Crippen LogP contribution in [0.25, 0.3) is 0 Å². The fraction of sp³-hybridized carbons (Fsp3) is 0.312. The minimum atomic E-state index is -3.56. The zero-order valence-electron chi connectivity index (χ0n) is 14.9. The molecule has 1 aromatic heterocycles. The molecule has 0 fully saturated rings. The van der Waals surface area contributed by atoms with E-state index in [1.54, 1.807) is 37.7 Å². The summed E-state index contributed by atoms with van der Waals surface area (Å²) in [6.45, 7) is 3.04. The number of aromatic nitrogens is 2. The average Bonchev–Trinajstić information content (AvgIpc) is 2.78. The molecule has 2 aromatic rings. The number of ether oxygens (including phenoxy) is 1. The molecular formula is C16H20N4O5S. The Balaban J connectivity index is 2.04. The zero-order valence-corrected chi connectivity index (χ0v) is 15.7. The number of sulfonamides is 1. The number of aryl methyl sites for hydroxylation is 2. The van der Waals surface area contributed by atoms with E-state index < -0.39 is 28.5 Å². The third-order valence-electron chi connectivity index (χ3n) is 3.55. The number of rotatable bonds is 6. The maximum absolute atomic E-state index is 12.2. The fourth-order valence-corrected chi connectivity index (χ4v) is 2.87. The lowest BCUT2D eigenvalue weighted by molar-refractivity contribution is -0.119. The molecule has 0 radical (unpaired) electrons. The van der Waals surface area contributed by atoms with Crippen molar-refractivity contribution in [2.75, 3.05) is 22.9 Å². The highest BCUT2D eigenvalue weighted by Crippen LogP contribution is 2.19. The molecule has 2 rings (SSSR count). The Bertz CT molecular complexity index is 950. The van der Waals surface area contributed by atoms with Crippen LogP contribution in [0.1, 0.15) is 21.7 Å². The lowest BCUT2D eigenvalue weighted by Gasteiger charge is -2.10. The summed E-state index contributed by atoms with van der Waals surface area (Å²) in [5.74, 6) is -1.34. The molecule has 0 aliphatic carbocycles. The number of hydrogen-bond donors (Lipinski definition) is 2. The molecular weight excluding hydrogens is 360 g/mol. The van der Waals surface area contributed by atoms with E-state index in [2.05, 4.69) is 15.1 Å². The number of hydrogen-bond acceptors (Lipinski definition) is 6. The molecule has 9 nitrogen and oxygen atoms in total. The summed E-state index contributed by atoms with van der Waals surface area (Å²) < 4.78 is 31.6. The van der Waals surface area contributed by atoms with E-state index in [1.807, 2.05) is 0 Å². The van der Waals surface area contributed by atoms with Crippen LogP contribution in [-0.2, 0) is 26.6 Å². The summed E-state index contributed by atoms with van der Waals surface area (Å²) in [7, 11) is -1.81. The largest absolute Gasteiger partial charge is 0.452 e. The van der Waals surface area contributed by atoms with Crippen LogP contribution in [0.15, 0.2) is 24.3 Å². The molecule has 0 bridgehead atoms. The Morgan fingerprint density at radius 3 is 2.46 bits per heavy atom. The monoisotopic (exact) mass is 380 g/mol. The fourth-order valence-electron chi connectivity index (χ4n) is 2.29. The number of benzene rings is 1. The van der Waals surface area contributed by atoms with Gasteiger partial charge >= 0.3 is 5.97 Å². The Morgan fingerprint density at radius 2 is 1.88 bits per heavy atom. The Kier molecular flexibility index (Phi) is 5.66. The van der Waals surface area contributed by atoms with Crippen molar-refractivity contribution in [1.82, 2.24) is 9.78 Å². The summed E-state index contributed by atoms with van der Waals surface area (Å²) in [5.41, 5.74) is 2.07. The van der Waals surface area contributed by atoms with Crippen molar-refractivity contribution >= 4 is 33.3 Å². The van der Waals surface area contributed by atoms with Gasteiger partial charge in [0, 0.05) is 7.05 Å².